The fourth-order valence-corrected chi connectivity index (χ4v) is 3.74. The summed E-state index contributed by atoms with van der Waals surface area (Å²) in [4.78, 5) is 48.2. The number of hydrogen-bond acceptors (Lipinski definition) is 11. The van der Waals surface area contributed by atoms with Gasteiger partial charge >= 0.3 is 36.2 Å². The molecule has 0 aromatic rings. The van der Waals surface area contributed by atoms with Gasteiger partial charge in [0.25, 0.3) is 6.10 Å². The molecule has 0 spiro atoms. The van der Waals surface area contributed by atoms with Crippen LogP contribution < -0.4 is 0 Å². The summed E-state index contributed by atoms with van der Waals surface area (Å²) >= 11 is 0. The van der Waals surface area contributed by atoms with Crippen LogP contribution in [0.15, 0.2) is 0 Å². The molecule has 0 radical (unpaired) electrons. The van der Waals surface area contributed by atoms with Crippen LogP contribution in [0.4, 0.5) is 26.3 Å². The lowest BCUT2D eigenvalue weighted by molar-refractivity contribution is -0.315. The van der Waals surface area contributed by atoms with Crippen molar-refractivity contribution in [3.63, 3.8) is 0 Å². The zero-order valence-corrected chi connectivity index (χ0v) is 20.3. The number of fused-ring (bicyclic) bond motifs is 3. The number of hydrogen-bond donors (Lipinski definition) is 0. The number of carbonyl (C=O) groups is 4. The highest BCUT2D eigenvalue weighted by Crippen LogP contribution is 2.45. The fourth-order valence-electron chi connectivity index (χ4n) is 3.74. The molecule has 0 N–H and O–H groups in total. The van der Waals surface area contributed by atoms with Crippen LogP contribution in [0.1, 0.15) is 40.5 Å². The largest absolute Gasteiger partial charge is 0.454 e. The van der Waals surface area contributed by atoms with Gasteiger partial charge in [-0.1, -0.05) is 6.92 Å². The van der Waals surface area contributed by atoms with Gasteiger partial charge in [0.2, 0.25) is 6.10 Å². The van der Waals surface area contributed by atoms with E-state index in [1.165, 1.54) is 0 Å². The molecule has 11 nitrogen and oxygen atoms in total. The van der Waals surface area contributed by atoms with E-state index in [-0.39, 0.29) is 0 Å². The van der Waals surface area contributed by atoms with Crippen LogP contribution in [0.5, 0.6) is 0 Å². The first-order chi connectivity index (χ1) is 17.3. The summed E-state index contributed by atoms with van der Waals surface area (Å²) in [5.74, 6) is -6.85. The van der Waals surface area contributed by atoms with Gasteiger partial charge < -0.3 is 33.2 Å². The lowest BCUT2D eigenvalue weighted by atomic mass is 9.91. The van der Waals surface area contributed by atoms with E-state index >= 15 is 0 Å². The molecule has 3 aliphatic heterocycles. The number of carbonyl (C=O) groups excluding carboxylic acids is 4. The van der Waals surface area contributed by atoms with E-state index in [4.69, 9.17) is 28.4 Å². The van der Waals surface area contributed by atoms with Crippen molar-refractivity contribution in [2.75, 3.05) is 6.61 Å². The predicted octanol–water partition coefficient (Wildman–Crippen LogP) is 2.09. The molecule has 6 unspecified atom stereocenters. The van der Waals surface area contributed by atoms with Crippen LogP contribution in [0, 0.1) is 5.41 Å². The Balaban J connectivity index is 1.57. The van der Waals surface area contributed by atoms with Gasteiger partial charge in [-0.15, -0.1) is 0 Å². The van der Waals surface area contributed by atoms with Crippen LogP contribution in [0.25, 0.3) is 0 Å². The molecule has 0 aromatic heterocycles. The smallest absolute Gasteiger partial charge is 0.434 e. The van der Waals surface area contributed by atoms with E-state index < -0.39 is 97.3 Å². The SMILES string of the molecule is CCC(C)(C)C(=O)OCC(=O)OC1C(=O)OC2C3OC(C)(CC(=O)OC(C(F)(F)F)C(F)(F)F)OC3OC12. The summed E-state index contributed by atoms with van der Waals surface area (Å²) in [7, 11) is 0. The average Bonchev–Trinajstić information content (AvgIpc) is 3.35. The molecule has 0 aromatic carbocycles. The van der Waals surface area contributed by atoms with E-state index in [1.54, 1.807) is 20.8 Å². The maximum atomic E-state index is 12.7. The van der Waals surface area contributed by atoms with E-state index in [0.717, 1.165) is 6.92 Å². The number of esters is 4. The first-order valence-corrected chi connectivity index (χ1v) is 11.2. The van der Waals surface area contributed by atoms with E-state index in [1.807, 2.05) is 0 Å². The Morgan fingerprint density at radius 1 is 0.974 bits per heavy atom. The Labute approximate surface area is 210 Å². The Kier molecular flexibility index (Phi) is 7.98. The maximum absolute atomic E-state index is 12.7. The summed E-state index contributed by atoms with van der Waals surface area (Å²) in [5, 5.41) is 0. The van der Waals surface area contributed by atoms with Crippen molar-refractivity contribution in [1.29, 1.82) is 0 Å². The fraction of sp³-hybridized carbons (Fsp3) is 0.810. The minimum atomic E-state index is -5.91. The molecule has 38 heavy (non-hydrogen) atoms. The predicted molar refractivity (Wildman–Crippen MR) is 104 cm³/mol. The Bertz CT molecular complexity index is 950. The average molecular weight is 566 g/mol. The topological polar surface area (TPSA) is 133 Å². The van der Waals surface area contributed by atoms with Gasteiger partial charge in [0.05, 0.1) is 11.8 Å². The lowest BCUT2D eigenvalue weighted by Crippen LogP contribution is -2.46. The second-order valence-corrected chi connectivity index (χ2v) is 9.56. The van der Waals surface area contributed by atoms with Crippen molar-refractivity contribution in [2.24, 2.45) is 5.41 Å². The van der Waals surface area contributed by atoms with E-state index in [9.17, 15) is 45.5 Å². The van der Waals surface area contributed by atoms with Crippen LogP contribution in [-0.4, -0.2) is 85.4 Å². The Morgan fingerprint density at radius 2 is 1.58 bits per heavy atom. The molecular weight excluding hydrogens is 542 g/mol. The molecule has 3 aliphatic rings. The first-order valence-electron chi connectivity index (χ1n) is 11.2. The minimum absolute atomic E-state index is 0.429. The molecule has 0 aliphatic carbocycles. The third kappa shape index (κ3) is 6.31. The monoisotopic (exact) mass is 566 g/mol. The quantitative estimate of drug-likeness (QED) is 0.243. The molecule has 216 valence electrons. The highest BCUT2D eigenvalue weighted by atomic mass is 19.4. The third-order valence-corrected chi connectivity index (χ3v) is 6.07. The molecule has 3 fully saturated rings. The summed E-state index contributed by atoms with van der Waals surface area (Å²) < 4.78 is 111. The molecule has 6 atom stereocenters. The molecule has 0 amide bonds. The number of halogens is 6. The van der Waals surface area contributed by atoms with Crippen molar-refractivity contribution in [3.05, 3.63) is 0 Å². The van der Waals surface area contributed by atoms with Crippen molar-refractivity contribution < 1.29 is 78.7 Å². The van der Waals surface area contributed by atoms with Crippen molar-refractivity contribution in [1.82, 2.24) is 0 Å². The van der Waals surface area contributed by atoms with Crippen LogP contribution >= 0.6 is 0 Å². The van der Waals surface area contributed by atoms with Crippen LogP contribution in [0.3, 0.4) is 0 Å². The van der Waals surface area contributed by atoms with Gasteiger partial charge in [-0.05, 0) is 27.2 Å². The minimum Gasteiger partial charge on any atom is -0.454 e. The maximum Gasteiger partial charge on any atom is 0.434 e. The van der Waals surface area contributed by atoms with Crippen LogP contribution in [-0.2, 0) is 52.3 Å². The summed E-state index contributed by atoms with van der Waals surface area (Å²) in [6.45, 7) is 5.16. The lowest BCUT2D eigenvalue weighted by Gasteiger charge is -2.27. The second-order valence-electron chi connectivity index (χ2n) is 9.56. The van der Waals surface area contributed by atoms with Gasteiger partial charge in [0.15, 0.2) is 30.9 Å². The van der Waals surface area contributed by atoms with Crippen molar-refractivity contribution in [2.45, 2.75) is 95.5 Å². The highest BCUT2D eigenvalue weighted by Gasteiger charge is 2.66. The van der Waals surface area contributed by atoms with Crippen LogP contribution in [0.2, 0.25) is 0 Å². The molecule has 17 heteroatoms. The summed E-state index contributed by atoms with van der Waals surface area (Å²) in [6.07, 6.45) is -23.7. The second kappa shape index (κ2) is 10.1. The zero-order valence-electron chi connectivity index (χ0n) is 20.3. The standard InChI is InChI=1S/C21H24F6O11/c1-5-18(2,3)17(31)32-7-9(29)33-12-10-11(35-14(12)30)13-15(36-10)38-19(4,37-13)6-8(28)34-16(20(22,23)24)21(25,26)27/h10-13,15-16H,5-7H2,1-4H3. The summed E-state index contributed by atoms with van der Waals surface area (Å²) in [5.41, 5.74) is -0.863. The summed E-state index contributed by atoms with van der Waals surface area (Å²) in [6, 6.07) is 0. The zero-order chi connectivity index (χ0) is 28.8. The molecule has 0 saturated carbocycles. The molecule has 3 rings (SSSR count). The number of alkyl halides is 6. The third-order valence-electron chi connectivity index (χ3n) is 6.07. The molecule has 3 heterocycles. The first kappa shape index (κ1) is 29.9. The van der Waals surface area contributed by atoms with Crippen molar-refractivity contribution in [3.8, 4) is 0 Å². The normalized spacial score (nSPS) is 31.0. The number of ether oxygens (including phenoxy) is 7. The van der Waals surface area contributed by atoms with Crippen molar-refractivity contribution >= 4 is 23.9 Å². The van der Waals surface area contributed by atoms with Gasteiger partial charge in [0.1, 0.15) is 6.10 Å². The highest BCUT2D eigenvalue weighted by molar-refractivity contribution is 5.84. The van der Waals surface area contributed by atoms with E-state index in [0.29, 0.717) is 6.42 Å². The van der Waals surface area contributed by atoms with Gasteiger partial charge in [-0.25, -0.2) is 9.59 Å². The Hall–Kier alpha value is -2.66. The molecule has 0 bridgehead atoms. The number of rotatable bonds is 8. The van der Waals surface area contributed by atoms with Gasteiger partial charge in [-0.3, -0.25) is 9.59 Å². The van der Waals surface area contributed by atoms with Gasteiger partial charge in [-0.2, -0.15) is 26.3 Å². The van der Waals surface area contributed by atoms with E-state index in [2.05, 4.69) is 4.74 Å². The molecular formula is C21H24F6O11. The Morgan fingerprint density at radius 3 is 2.13 bits per heavy atom. The van der Waals surface area contributed by atoms with Gasteiger partial charge in [0, 0.05) is 0 Å². The molecule has 3 saturated heterocycles.